The lowest BCUT2D eigenvalue weighted by atomic mass is 10.2. The molecule has 7 heteroatoms. The van der Waals surface area contributed by atoms with Crippen molar-refractivity contribution in [3.05, 3.63) is 21.0 Å². The summed E-state index contributed by atoms with van der Waals surface area (Å²) in [7, 11) is 4.25. The second-order valence-electron chi connectivity index (χ2n) is 5.32. The predicted octanol–water partition coefficient (Wildman–Crippen LogP) is 0.297. The molecule has 21 heavy (non-hydrogen) atoms. The molecule has 1 atom stereocenters. The average molecular weight is 354 g/mol. The van der Waals surface area contributed by atoms with Gasteiger partial charge in [-0.25, -0.2) is 4.68 Å². The Morgan fingerprint density at radius 2 is 2.29 bits per heavy atom. The van der Waals surface area contributed by atoms with Gasteiger partial charge in [0.15, 0.2) is 0 Å². The Balaban J connectivity index is 2.05. The maximum atomic E-state index is 12.0. The second kappa shape index (κ2) is 7.07. The summed E-state index contributed by atoms with van der Waals surface area (Å²) in [5, 5.41) is 7.37. The minimum Gasteiger partial charge on any atom is -0.381 e. The number of nitrogens with zero attached hydrogens (tertiary/aromatic N) is 4. The van der Waals surface area contributed by atoms with Crippen LogP contribution in [0.2, 0.25) is 0 Å². The molecule has 0 radical (unpaired) electrons. The molecule has 1 unspecified atom stereocenters. The van der Waals surface area contributed by atoms with Crippen molar-refractivity contribution >= 4 is 21.6 Å². The van der Waals surface area contributed by atoms with Crippen LogP contribution in [0.25, 0.3) is 0 Å². The van der Waals surface area contributed by atoms with Crippen LogP contribution in [0.5, 0.6) is 0 Å². The molecular weight excluding hydrogens is 334 g/mol. The molecule has 1 fully saturated rings. The van der Waals surface area contributed by atoms with E-state index < -0.39 is 0 Å². The van der Waals surface area contributed by atoms with E-state index in [0.717, 1.165) is 26.2 Å². The number of halogens is 1. The van der Waals surface area contributed by atoms with Crippen molar-refractivity contribution in [2.75, 3.05) is 45.6 Å². The molecule has 1 N–H and O–H groups in total. The van der Waals surface area contributed by atoms with Crippen molar-refractivity contribution < 1.29 is 0 Å². The molecule has 1 saturated heterocycles. The van der Waals surface area contributed by atoms with Gasteiger partial charge in [0.2, 0.25) is 0 Å². The van der Waals surface area contributed by atoms with Gasteiger partial charge in [0, 0.05) is 32.2 Å². The second-order valence-corrected chi connectivity index (χ2v) is 6.11. The Kier molecular flexibility index (Phi) is 5.39. The summed E-state index contributed by atoms with van der Waals surface area (Å²) in [6.45, 7) is 4.07. The van der Waals surface area contributed by atoms with Crippen molar-refractivity contribution in [2.45, 2.75) is 12.6 Å². The zero-order valence-corrected chi connectivity index (χ0v) is 13.9. The summed E-state index contributed by atoms with van der Waals surface area (Å²) < 4.78 is 1.73. The highest BCUT2D eigenvalue weighted by atomic mass is 79.9. The van der Waals surface area contributed by atoms with Crippen molar-refractivity contribution in [3.63, 3.8) is 0 Å². The van der Waals surface area contributed by atoms with E-state index in [1.54, 1.807) is 6.20 Å². The topological polar surface area (TPSA) is 53.4 Å². The van der Waals surface area contributed by atoms with Gasteiger partial charge in [-0.15, -0.1) is 6.42 Å². The van der Waals surface area contributed by atoms with Crippen LogP contribution in [0.4, 0.5) is 5.69 Å². The summed E-state index contributed by atoms with van der Waals surface area (Å²) in [6, 6.07) is 0.406. The van der Waals surface area contributed by atoms with Crippen LogP contribution in [0, 0.1) is 12.3 Å². The lowest BCUT2D eigenvalue weighted by molar-refractivity contribution is 0.122. The summed E-state index contributed by atoms with van der Waals surface area (Å²) in [5.74, 6) is 2.41. The summed E-state index contributed by atoms with van der Waals surface area (Å²) in [4.78, 5) is 16.7. The van der Waals surface area contributed by atoms with E-state index in [0.29, 0.717) is 16.2 Å². The van der Waals surface area contributed by atoms with Gasteiger partial charge in [0.25, 0.3) is 5.56 Å². The quantitative estimate of drug-likeness (QED) is 0.789. The molecule has 1 aliphatic rings. The number of piperazine rings is 1. The first kappa shape index (κ1) is 16.0. The third kappa shape index (κ3) is 3.84. The molecule has 0 bridgehead atoms. The van der Waals surface area contributed by atoms with Gasteiger partial charge in [0.1, 0.15) is 11.0 Å². The molecule has 1 aromatic heterocycles. The minimum atomic E-state index is -0.216. The van der Waals surface area contributed by atoms with Crippen LogP contribution in [-0.2, 0) is 6.54 Å². The minimum absolute atomic E-state index is 0.174. The fourth-order valence-electron chi connectivity index (χ4n) is 2.34. The van der Waals surface area contributed by atoms with Gasteiger partial charge in [-0.05, 0) is 30.0 Å². The average Bonchev–Trinajstić information content (AvgIpc) is 2.46. The number of nitrogens with one attached hydrogen (secondary N) is 1. The third-order valence-corrected chi connectivity index (χ3v) is 4.50. The molecule has 1 aliphatic heterocycles. The van der Waals surface area contributed by atoms with Gasteiger partial charge in [-0.2, -0.15) is 5.10 Å². The maximum Gasteiger partial charge on any atom is 0.284 e. The normalized spacial score (nSPS) is 20.2. The van der Waals surface area contributed by atoms with Crippen LogP contribution in [0.1, 0.15) is 0 Å². The van der Waals surface area contributed by atoms with Crippen LogP contribution < -0.4 is 10.9 Å². The predicted molar refractivity (Wildman–Crippen MR) is 87.4 cm³/mol. The zero-order valence-electron chi connectivity index (χ0n) is 12.3. The highest BCUT2D eigenvalue weighted by Gasteiger charge is 2.22. The van der Waals surface area contributed by atoms with Gasteiger partial charge < -0.3 is 10.2 Å². The number of aromatic nitrogens is 2. The number of likely N-dealkylation sites (N-methyl/N-ethyl adjacent to an activating group) is 2. The van der Waals surface area contributed by atoms with Gasteiger partial charge >= 0.3 is 0 Å². The summed E-state index contributed by atoms with van der Waals surface area (Å²) in [6.07, 6.45) is 6.85. The van der Waals surface area contributed by atoms with Crippen molar-refractivity contribution in [2.24, 2.45) is 0 Å². The molecular formula is C14H20BrN5O. The van der Waals surface area contributed by atoms with Crippen LogP contribution in [0.3, 0.4) is 0 Å². The Bertz CT molecular complexity index is 594. The largest absolute Gasteiger partial charge is 0.381 e. The molecule has 0 amide bonds. The SMILES string of the molecule is C#CCn1ncc(NCC2CN(C)CCN2C)c(Br)c1=O. The van der Waals surface area contributed by atoms with E-state index >= 15 is 0 Å². The van der Waals surface area contributed by atoms with E-state index in [1.807, 2.05) is 0 Å². The first-order chi connectivity index (χ1) is 10.0. The lowest BCUT2D eigenvalue weighted by Gasteiger charge is -2.37. The molecule has 6 nitrogen and oxygen atoms in total. The molecule has 0 spiro atoms. The van der Waals surface area contributed by atoms with Gasteiger partial charge in [-0.1, -0.05) is 5.92 Å². The van der Waals surface area contributed by atoms with E-state index in [1.165, 1.54) is 4.68 Å². The monoisotopic (exact) mass is 353 g/mol. The Labute approximate surface area is 133 Å². The maximum absolute atomic E-state index is 12.0. The third-order valence-electron chi connectivity index (χ3n) is 3.73. The number of hydrogen-bond donors (Lipinski definition) is 1. The number of hydrogen-bond acceptors (Lipinski definition) is 5. The smallest absolute Gasteiger partial charge is 0.284 e. The molecule has 0 saturated carbocycles. The zero-order chi connectivity index (χ0) is 15.4. The first-order valence-electron chi connectivity index (χ1n) is 6.84. The highest BCUT2D eigenvalue weighted by Crippen LogP contribution is 2.17. The van der Waals surface area contributed by atoms with Crippen molar-refractivity contribution in [3.8, 4) is 12.3 Å². The van der Waals surface area contributed by atoms with E-state index in [-0.39, 0.29) is 12.1 Å². The standard InChI is InChI=1S/C14H20BrN5O/c1-4-5-20-14(21)13(15)12(9-17-20)16-8-11-10-18(2)6-7-19(11)3/h1,9,11,16H,5-8,10H2,2-3H3. The summed E-state index contributed by atoms with van der Waals surface area (Å²) >= 11 is 3.32. The number of anilines is 1. The molecule has 2 heterocycles. The molecule has 1 aromatic rings. The number of terminal acetylenes is 1. The van der Waals surface area contributed by atoms with E-state index in [4.69, 9.17) is 6.42 Å². The first-order valence-corrected chi connectivity index (χ1v) is 7.64. The van der Waals surface area contributed by atoms with Crippen LogP contribution in [0.15, 0.2) is 15.5 Å². The Morgan fingerprint density at radius 3 is 3.00 bits per heavy atom. The van der Waals surface area contributed by atoms with Crippen LogP contribution in [-0.4, -0.2) is 65.9 Å². The van der Waals surface area contributed by atoms with Gasteiger partial charge in [-0.3, -0.25) is 9.69 Å². The Hall–Kier alpha value is -1.36. The van der Waals surface area contributed by atoms with Crippen molar-refractivity contribution in [1.29, 1.82) is 0 Å². The number of rotatable bonds is 4. The van der Waals surface area contributed by atoms with E-state index in [2.05, 4.69) is 56.2 Å². The molecule has 2 rings (SSSR count). The Morgan fingerprint density at radius 1 is 1.52 bits per heavy atom. The fourth-order valence-corrected chi connectivity index (χ4v) is 2.78. The highest BCUT2D eigenvalue weighted by molar-refractivity contribution is 9.10. The van der Waals surface area contributed by atoms with E-state index in [9.17, 15) is 4.79 Å². The fraction of sp³-hybridized carbons (Fsp3) is 0.571. The molecule has 0 aliphatic carbocycles. The molecule has 114 valence electrons. The van der Waals surface area contributed by atoms with Crippen LogP contribution >= 0.6 is 15.9 Å². The summed E-state index contributed by atoms with van der Waals surface area (Å²) in [5.41, 5.74) is 0.488. The van der Waals surface area contributed by atoms with Gasteiger partial charge in [0.05, 0.1) is 11.9 Å². The van der Waals surface area contributed by atoms with Crippen molar-refractivity contribution in [1.82, 2.24) is 19.6 Å². The molecule has 0 aromatic carbocycles. The lowest BCUT2D eigenvalue weighted by Crippen LogP contribution is -2.52.